The fraction of sp³-hybridized carbons (Fsp3) is 0.160. The van der Waals surface area contributed by atoms with Gasteiger partial charge in [-0.15, -0.1) is 0 Å². The Morgan fingerprint density at radius 3 is 2.68 bits per heavy atom. The highest BCUT2D eigenvalue weighted by Gasteiger charge is 2.14. The molecule has 4 aromatic rings. The number of benzene rings is 3. The normalized spacial score (nSPS) is 10.9. The fourth-order valence-electron chi connectivity index (χ4n) is 3.67. The summed E-state index contributed by atoms with van der Waals surface area (Å²) in [6.45, 7) is 2.01. The van der Waals surface area contributed by atoms with Crippen LogP contribution < -0.4 is 9.46 Å². The maximum atomic E-state index is 12.7. The second-order valence-electron chi connectivity index (χ2n) is 7.47. The van der Waals surface area contributed by atoms with Crippen LogP contribution in [0.3, 0.4) is 0 Å². The lowest BCUT2D eigenvalue weighted by Crippen LogP contribution is -2.16. The van der Waals surface area contributed by atoms with Crippen LogP contribution >= 0.6 is 11.9 Å². The third-order valence-corrected chi connectivity index (χ3v) is 6.30. The Kier molecular flexibility index (Phi) is 5.91. The Bertz CT molecular complexity index is 1260. The molecule has 0 aliphatic heterocycles. The lowest BCUT2D eigenvalue weighted by Gasteiger charge is -2.11. The minimum Gasteiger partial charge on any atom is -0.508 e. The number of amides is 1. The number of fused-ring (bicyclic) bond motifs is 1. The van der Waals surface area contributed by atoms with Gasteiger partial charge in [0.15, 0.2) is 0 Å². The van der Waals surface area contributed by atoms with Crippen LogP contribution in [0.4, 0.5) is 0 Å². The molecule has 0 spiro atoms. The smallest absolute Gasteiger partial charge is 0.261 e. The molecule has 158 valence electrons. The quantitative estimate of drug-likeness (QED) is 0.410. The van der Waals surface area contributed by atoms with Gasteiger partial charge in [-0.25, -0.2) is 0 Å². The number of phenols is 1. The molecule has 1 amide bonds. The van der Waals surface area contributed by atoms with Gasteiger partial charge in [-0.2, -0.15) is 0 Å². The maximum Gasteiger partial charge on any atom is 0.261 e. The second kappa shape index (κ2) is 8.78. The highest BCUT2D eigenvalue weighted by Crippen LogP contribution is 2.30. The van der Waals surface area contributed by atoms with Crippen molar-refractivity contribution in [2.45, 2.75) is 18.2 Å². The summed E-state index contributed by atoms with van der Waals surface area (Å²) < 4.78 is 10.5. The van der Waals surface area contributed by atoms with Crippen molar-refractivity contribution < 1.29 is 14.6 Å². The third-order valence-electron chi connectivity index (χ3n) is 5.33. The van der Waals surface area contributed by atoms with Crippen LogP contribution in [-0.2, 0) is 13.5 Å². The fourth-order valence-corrected chi connectivity index (χ4v) is 4.37. The molecular formula is C25H24N2O3S. The van der Waals surface area contributed by atoms with E-state index in [1.807, 2.05) is 61.0 Å². The van der Waals surface area contributed by atoms with E-state index < -0.39 is 0 Å². The molecule has 0 aliphatic rings. The highest BCUT2D eigenvalue weighted by atomic mass is 32.2. The molecule has 2 N–H and O–H groups in total. The van der Waals surface area contributed by atoms with Crippen LogP contribution in [0.2, 0.25) is 0 Å². The summed E-state index contributed by atoms with van der Waals surface area (Å²) in [7, 11) is 3.59. The molecule has 0 radical (unpaired) electrons. The van der Waals surface area contributed by atoms with Gasteiger partial charge in [-0.1, -0.05) is 24.3 Å². The van der Waals surface area contributed by atoms with Gasteiger partial charge < -0.3 is 14.4 Å². The van der Waals surface area contributed by atoms with Gasteiger partial charge in [-0.05, 0) is 72.0 Å². The van der Waals surface area contributed by atoms with Crippen molar-refractivity contribution in [3.63, 3.8) is 0 Å². The molecule has 1 heterocycles. The van der Waals surface area contributed by atoms with Crippen LogP contribution in [0.1, 0.15) is 27.0 Å². The minimum absolute atomic E-state index is 0.173. The predicted molar refractivity (Wildman–Crippen MR) is 125 cm³/mol. The first-order chi connectivity index (χ1) is 15.0. The molecule has 0 saturated carbocycles. The molecule has 4 rings (SSSR count). The van der Waals surface area contributed by atoms with Crippen LogP contribution in [0.15, 0.2) is 71.8 Å². The van der Waals surface area contributed by atoms with Crippen molar-refractivity contribution in [2.24, 2.45) is 7.05 Å². The number of carbonyl (C=O) groups is 1. The van der Waals surface area contributed by atoms with Gasteiger partial charge in [0.25, 0.3) is 5.91 Å². The highest BCUT2D eigenvalue weighted by molar-refractivity contribution is 7.98. The minimum atomic E-state index is -0.173. The molecule has 5 nitrogen and oxygen atoms in total. The number of aryl methyl sites for hydroxylation is 2. The van der Waals surface area contributed by atoms with E-state index in [0.29, 0.717) is 17.7 Å². The van der Waals surface area contributed by atoms with E-state index in [0.717, 1.165) is 32.5 Å². The summed E-state index contributed by atoms with van der Waals surface area (Å²) in [5.41, 5.74) is 4.76. The zero-order valence-corrected chi connectivity index (χ0v) is 18.5. The zero-order chi connectivity index (χ0) is 22.0. The van der Waals surface area contributed by atoms with Crippen molar-refractivity contribution in [3.8, 4) is 11.5 Å². The van der Waals surface area contributed by atoms with Gasteiger partial charge in [-0.3, -0.25) is 9.52 Å². The van der Waals surface area contributed by atoms with Crippen LogP contribution in [0, 0.1) is 6.92 Å². The maximum absolute atomic E-state index is 12.7. The molecule has 0 atom stereocenters. The van der Waals surface area contributed by atoms with E-state index >= 15 is 0 Å². The number of hydrogen-bond donors (Lipinski definition) is 2. The Morgan fingerprint density at radius 2 is 1.90 bits per heavy atom. The number of carbonyl (C=O) groups excluding carboxylic acids is 1. The standard InChI is InChI=1S/C25H24N2O3S/c1-16-6-4-5-7-24(16)31-26-25(29)18-9-8-17(23(13-18)30-3)12-19-15-27(2)22-11-10-20(28)14-21(19)22/h4-11,13-15,28H,12H2,1-3H3,(H,26,29). The number of rotatable bonds is 6. The predicted octanol–water partition coefficient (Wildman–Crippen LogP) is 5.23. The molecule has 0 aliphatic carbocycles. The first-order valence-corrected chi connectivity index (χ1v) is 10.7. The van der Waals surface area contributed by atoms with Gasteiger partial charge in [0.2, 0.25) is 0 Å². The van der Waals surface area contributed by atoms with Crippen LogP contribution in [0.5, 0.6) is 11.5 Å². The molecule has 6 heteroatoms. The number of methoxy groups -OCH3 is 1. The van der Waals surface area contributed by atoms with Gasteiger partial charge in [0.05, 0.1) is 7.11 Å². The van der Waals surface area contributed by atoms with E-state index in [1.165, 1.54) is 11.9 Å². The van der Waals surface area contributed by atoms with Crippen molar-refractivity contribution in [3.05, 3.63) is 89.1 Å². The monoisotopic (exact) mass is 432 g/mol. The SMILES string of the molecule is COc1cc(C(=O)NSc2ccccc2C)ccc1Cc1cn(C)c2ccc(O)cc12. The van der Waals surface area contributed by atoms with E-state index in [9.17, 15) is 9.90 Å². The molecule has 3 aromatic carbocycles. The summed E-state index contributed by atoms with van der Waals surface area (Å²) >= 11 is 1.31. The van der Waals surface area contributed by atoms with Gasteiger partial charge in [0.1, 0.15) is 11.5 Å². The molecule has 0 unspecified atom stereocenters. The summed E-state index contributed by atoms with van der Waals surface area (Å²) in [5, 5.41) is 10.9. The van der Waals surface area contributed by atoms with E-state index in [-0.39, 0.29) is 11.7 Å². The van der Waals surface area contributed by atoms with E-state index in [4.69, 9.17) is 4.74 Å². The largest absolute Gasteiger partial charge is 0.508 e. The topological polar surface area (TPSA) is 63.5 Å². The average molecular weight is 433 g/mol. The Hall–Kier alpha value is -3.38. The van der Waals surface area contributed by atoms with Crippen LogP contribution in [0.25, 0.3) is 10.9 Å². The first kappa shape index (κ1) is 20.9. The zero-order valence-electron chi connectivity index (χ0n) is 17.7. The van der Waals surface area contributed by atoms with Crippen molar-refractivity contribution in [1.82, 2.24) is 9.29 Å². The van der Waals surface area contributed by atoms with Crippen molar-refractivity contribution in [2.75, 3.05) is 7.11 Å². The molecular weight excluding hydrogens is 408 g/mol. The number of nitrogens with zero attached hydrogens (tertiary/aromatic N) is 1. The van der Waals surface area contributed by atoms with E-state index in [2.05, 4.69) is 10.9 Å². The molecule has 1 aromatic heterocycles. The second-order valence-corrected chi connectivity index (χ2v) is 8.32. The number of ether oxygens (including phenoxy) is 1. The third kappa shape index (κ3) is 4.39. The summed E-state index contributed by atoms with van der Waals surface area (Å²) in [4.78, 5) is 13.7. The Labute approximate surface area is 185 Å². The van der Waals surface area contributed by atoms with Gasteiger partial charge >= 0.3 is 0 Å². The number of phenolic OH excluding ortho intramolecular Hbond substituents is 1. The lowest BCUT2D eigenvalue weighted by molar-refractivity contribution is 0.0984. The van der Waals surface area contributed by atoms with Gasteiger partial charge in [0, 0.05) is 41.0 Å². The Balaban J connectivity index is 1.55. The Morgan fingerprint density at radius 1 is 1.10 bits per heavy atom. The number of aromatic nitrogens is 1. The van der Waals surface area contributed by atoms with Crippen molar-refractivity contribution >= 4 is 28.8 Å². The molecule has 31 heavy (non-hydrogen) atoms. The lowest BCUT2D eigenvalue weighted by atomic mass is 10.0. The number of nitrogens with one attached hydrogen (secondary N) is 1. The molecule has 0 saturated heterocycles. The number of aromatic hydroxyl groups is 1. The van der Waals surface area contributed by atoms with E-state index in [1.54, 1.807) is 25.3 Å². The average Bonchev–Trinajstić information content (AvgIpc) is 3.07. The summed E-state index contributed by atoms with van der Waals surface area (Å²) in [6.07, 6.45) is 2.69. The van der Waals surface area contributed by atoms with Crippen LogP contribution in [-0.4, -0.2) is 22.7 Å². The molecule has 0 fully saturated rings. The number of hydrogen-bond acceptors (Lipinski definition) is 4. The summed E-state index contributed by atoms with van der Waals surface area (Å²) in [5.74, 6) is 0.726. The molecule has 0 bridgehead atoms. The van der Waals surface area contributed by atoms with Crippen molar-refractivity contribution in [1.29, 1.82) is 0 Å². The summed E-state index contributed by atoms with van der Waals surface area (Å²) in [6, 6.07) is 18.8. The first-order valence-electron chi connectivity index (χ1n) is 9.93.